The third kappa shape index (κ3) is 6.80. The quantitative estimate of drug-likeness (QED) is 0.602. The largest absolute Gasteiger partial charge is 0.493 e. The third-order valence-corrected chi connectivity index (χ3v) is 6.61. The molecule has 0 aromatic heterocycles. The van der Waals surface area contributed by atoms with Crippen LogP contribution in [0.4, 0.5) is 4.79 Å². The van der Waals surface area contributed by atoms with E-state index in [4.69, 9.17) is 8.92 Å². The minimum absolute atomic E-state index is 0.0458. The van der Waals surface area contributed by atoms with Crippen molar-refractivity contribution in [3.8, 4) is 11.5 Å². The van der Waals surface area contributed by atoms with Crippen LogP contribution in [0.15, 0.2) is 18.2 Å². The molecular weight excluding hydrogens is 392 g/mol. The normalized spacial score (nSPS) is 16.1. The number of benzene rings is 1. The topological polar surface area (TPSA) is 84.9 Å². The van der Waals surface area contributed by atoms with Crippen molar-refractivity contribution in [3.05, 3.63) is 23.8 Å². The van der Waals surface area contributed by atoms with Crippen molar-refractivity contribution in [1.29, 1.82) is 0 Å². The van der Waals surface area contributed by atoms with Crippen LogP contribution in [-0.4, -0.2) is 44.3 Å². The first-order valence-electron chi connectivity index (χ1n) is 10.5. The second kappa shape index (κ2) is 10.7. The molecule has 2 rings (SSSR count). The van der Waals surface area contributed by atoms with Gasteiger partial charge in [-0.1, -0.05) is 32.3 Å². The zero-order valence-electron chi connectivity index (χ0n) is 17.9. The minimum Gasteiger partial charge on any atom is -0.493 e. The number of carbonyl (C=O) groups is 1. The van der Waals surface area contributed by atoms with Crippen molar-refractivity contribution in [2.45, 2.75) is 77.9 Å². The molecule has 164 valence electrons. The summed E-state index contributed by atoms with van der Waals surface area (Å²) >= 11 is 0. The molecule has 1 aliphatic rings. The smallest absolute Gasteiger partial charge is 0.318 e. The maximum absolute atomic E-state index is 13.0. The average molecular weight is 427 g/mol. The Morgan fingerprint density at radius 3 is 2.48 bits per heavy atom. The summed E-state index contributed by atoms with van der Waals surface area (Å²) in [6.07, 6.45) is 6.41. The van der Waals surface area contributed by atoms with E-state index in [9.17, 15) is 13.2 Å². The molecule has 1 aromatic rings. The molecule has 1 fully saturated rings. The van der Waals surface area contributed by atoms with E-state index >= 15 is 0 Å². The number of ether oxygens (including phenoxy) is 1. The molecular formula is C21H34N2O5S. The van der Waals surface area contributed by atoms with Crippen LogP contribution in [0.1, 0.15) is 64.9 Å². The van der Waals surface area contributed by atoms with E-state index in [0.717, 1.165) is 37.7 Å². The molecule has 1 aromatic carbocycles. The number of methoxy groups -OCH3 is 1. The predicted molar refractivity (Wildman–Crippen MR) is 114 cm³/mol. The highest BCUT2D eigenvalue weighted by Crippen LogP contribution is 2.30. The van der Waals surface area contributed by atoms with E-state index in [-0.39, 0.29) is 29.6 Å². The SMILES string of the molecule is CC[C@H](C)N(Cc1ccc(OC)c(OS(=O)(=O)CC)c1)C(=O)NC1CCCCC1. The van der Waals surface area contributed by atoms with Crippen LogP contribution in [0, 0.1) is 0 Å². The summed E-state index contributed by atoms with van der Waals surface area (Å²) in [5.74, 6) is 0.347. The Balaban J connectivity index is 2.20. The number of rotatable bonds is 9. The van der Waals surface area contributed by atoms with E-state index in [1.807, 2.05) is 19.9 Å². The second-order valence-corrected chi connectivity index (χ2v) is 9.44. The molecule has 1 N–H and O–H groups in total. The molecule has 0 aliphatic heterocycles. The Labute approximate surface area is 174 Å². The van der Waals surface area contributed by atoms with Gasteiger partial charge in [-0.3, -0.25) is 0 Å². The summed E-state index contributed by atoms with van der Waals surface area (Å²) in [5, 5.41) is 3.17. The fraction of sp³-hybridized carbons (Fsp3) is 0.667. The van der Waals surface area contributed by atoms with Gasteiger partial charge in [0.05, 0.1) is 12.9 Å². The Hall–Kier alpha value is -1.96. The highest BCUT2D eigenvalue weighted by Gasteiger charge is 2.24. The van der Waals surface area contributed by atoms with Crippen LogP contribution in [0.3, 0.4) is 0 Å². The summed E-state index contributed by atoms with van der Waals surface area (Å²) in [6, 6.07) is 5.33. The molecule has 7 nitrogen and oxygen atoms in total. The molecule has 1 aliphatic carbocycles. The third-order valence-electron chi connectivity index (χ3n) is 5.47. The highest BCUT2D eigenvalue weighted by atomic mass is 32.2. The summed E-state index contributed by atoms with van der Waals surface area (Å²) in [5.41, 5.74) is 0.784. The standard InChI is InChI=1S/C21H34N2O5S/c1-5-16(3)23(21(24)22-18-10-8-7-9-11-18)15-17-12-13-19(27-4)20(14-17)28-29(25,26)6-2/h12-14,16,18H,5-11,15H2,1-4H3,(H,22,24)/t16-/m0/s1. The van der Waals surface area contributed by atoms with Gasteiger partial charge in [-0.05, 0) is 50.8 Å². The summed E-state index contributed by atoms with van der Waals surface area (Å²) in [4.78, 5) is 14.8. The molecule has 2 amide bonds. The molecule has 0 heterocycles. The maximum atomic E-state index is 13.0. The van der Waals surface area contributed by atoms with Crippen LogP contribution in [-0.2, 0) is 16.7 Å². The van der Waals surface area contributed by atoms with Crippen molar-refractivity contribution in [2.24, 2.45) is 0 Å². The van der Waals surface area contributed by atoms with E-state index in [0.29, 0.717) is 12.3 Å². The predicted octanol–water partition coefficient (Wildman–Crippen LogP) is 4.07. The Morgan fingerprint density at radius 2 is 1.90 bits per heavy atom. The van der Waals surface area contributed by atoms with E-state index < -0.39 is 10.1 Å². The van der Waals surface area contributed by atoms with Crippen LogP contribution in [0.25, 0.3) is 0 Å². The van der Waals surface area contributed by atoms with Crippen molar-refractivity contribution >= 4 is 16.1 Å². The first-order valence-corrected chi connectivity index (χ1v) is 12.0. The van der Waals surface area contributed by atoms with Crippen molar-refractivity contribution in [3.63, 3.8) is 0 Å². The number of nitrogens with one attached hydrogen (secondary N) is 1. The molecule has 1 atom stereocenters. The molecule has 29 heavy (non-hydrogen) atoms. The minimum atomic E-state index is -3.68. The van der Waals surface area contributed by atoms with Crippen molar-refractivity contribution in [1.82, 2.24) is 10.2 Å². The lowest BCUT2D eigenvalue weighted by Gasteiger charge is -2.32. The first-order chi connectivity index (χ1) is 13.8. The summed E-state index contributed by atoms with van der Waals surface area (Å²) < 4.78 is 34.2. The molecule has 8 heteroatoms. The van der Waals surface area contributed by atoms with Gasteiger partial charge in [0.2, 0.25) is 0 Å². The van der Waals surface area contributed by atoms with Crippen LogP contribution < -0.4 is 14.2 Å². The fourth-order valence-electron chi connectivity index (χ4n) is 3.43. The van der Waals surface area contributed by atoms with Gasteiger partial charge < -0.3 is 19.1 Å². The van der Waals surface area contributed by atoms with Gasteiger partial charge in [0.1, 0.15) is 0 Å². The van der Waals surface area contributed by atoms with Crippen LogP contribution in [0.5, 0.6) is 11.5 Å². The number of hydrogen-bond donors (Lipinski definition) is 1. The van der Waals surface area contributed by atoms with E-state index in [1.54, 1.807) is 17.0 Å². The highest BCUT2D eigenvalue weighted by molar-refractivity contribution is 7.87. The fourth-order valence-corrected chi connectivity index (χ4v) is 3.95. The number of amides is 2. The van der Waals surface area contributed by atoms with E-state index in [1.165, 1.54) is 20.5 Å². The lowest BCUT2D eigenvalue weighted by Crippen LogP contribution is -2.48. The van der Waals surface area contributed by atoms with Crippen molar-refractivity contribution < 1.29 is 22.1 Å². The van der Waals surface area contributed by atoms with Crippen LogP contribution >= 0.6 is 0 Å². The molecule has 0 spiro atoms. The van der Waals surface area contributed by atoms with Crippen LogP contribution in [0.2, 0.25) is 0 Å². The van der Waals surface area contributed by atoms with E-state index in [2.05, 4.69) is 5.32 Å². The number of carbonyl (C=O) groups excluding carboxylic acids is 1. The molecule has 0 unspecified atom stereocenters. The van der Waals surface area contributed by atoms with Gasteiger partial charge in [0, 0.05) is 18.6 Å². The Kier molecular flexibility index (Phi) is 8.61. The molecule has 0 radical (unpaired) electrons. The van der Waals surface area contributed by atoms with Gasteiger partial charge >= 0.3 is 16.1 Å². The monoisotopic (exact) mass is 426 g/mol. The van der Waals surface area contributed by atoms with Gasteiger partial charge in [-0.15, -0.1) is 0 Å². The molecule has 0 bridgehead atoms. The molecule has 1 saturated carbocycles. The van der Waals surface area contributed by atoms with Gasteiger partial charge in [-0.2, -0.15) is 8.42 Å². The summed E-state index contributed by atoms with van der Waals surface area (Å²) in [6.45, 7) is 5.94. The number of urea groups is 1. The summed E-state index contributed by atoms with van der Waals surface area (Å²) in [7, 11) is -2.22. The van der Waals surface area contributed by atoms with Gasteiger partial charge in [-0.25, -0.2) is 4.79 Å². The average Bonchev–Trinajstić information content (AvgIpc) is 2.72. The Bertz CT molecular complexity index is 775. The first kappa shape index (κ1) is 23.3. The number of nitrogens with zero attached hydrogens (tertiary/aromatic N) is 1. The van der Waals surface area contributed by atoms with Gasteiger partial charge in [0.15, 0.2) is 11.5 Å². The molecule has 0 saturated heterocycles. The zero-order chi connectivity index (χ0) is 21.4. The lowest BCUT2D eigenvalue weighted by atomic mass is 9.96. The van der Waals surface area contributed by atoms with Crippen molar-refractivity contribution in [2.75, 3.05) is 12.9 Å². The zero-order valence-corrected chi connectivity index (χ0v) is 18.8. The number of hydrogen-bond acceptors (Lipinski definition) is 5. The lowest BCUT2D eigenvalue weighted by molar-refractivity contribution is 0.166. The van der Waals surface area contributed by atoms with Gasteiger partial charge in [0.25, 0.3) is 0 Å². The maximum Gasteiger partial charge on any atom is 0.318 e. The Morgan fingerprint density at radius 1 is 1.21 bits per heavy atom. The second-order valence-electron chi connectivity index (χ2n) is 7.58.